The zero-order chi connectivity index (χ0) is 27.0. The van der Waals surface area contributed by atoms with Gasteiger partial charge in [-0.1, -0.05) is 91.0 Å². The van der Waals surface area contributed by atoms with Crippen LogP contribution in [0.15, 0.2) is 115 Å². The van der Waals surface area contributed by atoms with E-state index in [0.29, 0.717) is 0 Å². The van der Waals surface area contributed by atoms with Crippen molar-refractivity contribution >= 4 is 21.8 Å². The molecule has 7 aromatic rings. The SMILES string of the molecule is Cc1cc2c(c(C)c1C)-c1ccc(-c3ccc(-c4nc5ccccc5n4-c4ccccc4)cc3)c3cccc-2c13. The van der Waals surface area contributed by atoms with Crippen molar-refractivity contribution in [1.29, 1.82) is 0 Å². The summed E-state index contributed by atoms with van der Waals surface area (Å²) in [5.74, 6) is 0.955. The molecule has 2 nitrogen and oxygen atoms in total. The molecule has 0 N–H and O–H groups in total. The zero-order valence-electron chi connectivity index (χ0n) is 22.9. The second-order valence-electron chi connectivity index (χ2n) is 10.9. The summed E-state index contributed by atoms with van der Waals surface area (Å²) >= 11 is 0. The van der Waals surface area contributed by atoms with E-state index in [2.05, 4.69) is 141 Å². The van der Waals surface area contributed by atoms with Gasteiger partial charge in [0, 0.05) is 11.3 Å². The van der Waals surface area contributed by atoms with Gasteiger partial charge in [-0.3, -0.25) is 4.57 Å². The van der Waals surface area contributed by atoms with Gasteiger partial charge in [0.05, 0.1) is 11.0 Å². The van der Waals surface area contributed by atoms with Gasteiger partial charge in [0.15, 0.2) is 0 Å². The van der Waals surface area contributed by atoms with Crippen LogP contribution in [0.1, 0.15) is 16.7 Å². The molecule has 0 spiro atoms. The lowest BCUT2D eigenvalue weighted by atomic mass is 9.91. The molecule has 0 saturated carbocycles. The summed E-state index contributed by atoms with van der Waals surface area (Å²) in [4.78, 5) is 5.05. The molecule has 1 aromatic heterocycles. The van der Waals surface area contributed by atoms with Crippen molar-refractivity contribution in [2.24, 2.45) is 0 Å². The monoisotopic (exact) mass is 512 g/mol. The first-order valence-corrected chi connectivity index (χ1v) is 13.9. The summed E-state index contributed by atoms with van der Waals surface area (Å²) in [6, 6.07) is 41.5. The fourth-order valence-electron chi connectivity index (χ4n) is 6.59. The number of imidazole rings is 1. The second-order valence-corrected chi connectivity index (χ2v) is 10.9. The summed E-state index contributed by atoms with van der Waals surface area (Å²) in [5, 5.41) is 2.68. The summed E-state index contributed by atoms with van der Waals surface area (Å²) < 4.78 is 2.26. The van der Waals surface area contributed by atoms with Crippen LogP contribution in [0.5, 0.6) is 0 Å². The van der Waals surface area contributed by atoms with Gasteiger partial charge < -0.3 is 0 Å². The molecule has 0 radical (unpaired) electrons. The molecule has 0 atom stereocenters. The van der Waals surface area contributed by atoms with Crippen molar-refractivity contribution in [2.75, 3.05) is 0 Å². The van der Waals surface area contributed by atoms with Crippen molar-refractivity contribution in [3.8, 4) is 50.5 Å². The van der Waals surface area contributed by atoms with Crippen LogP contribution in [0.2, 0.25) is 0 Å². The van der Waals surface area contributed by atoms with Crippen LogP contribution in [-0.4, -0.2) is 9.55 Å². The lowest BCUT2D eigenvalue weighted by molar-refractivity contribution is 1.10. The first-order valence-electron chi connectivity index (χ1n) is 13.9. The second kappa shape index (κ2) is 8.53. The molecular formula is C38H28N2. The number of aromatic nitrogens is 2. The molecule has 0 unspecified atom stereocenters. The van der Waals surface area contributed by atoms with Crippen LogP contribution in [0.4, 0.5) is 0 Å². The van der Waals surface area contributed by atoms with Crippen LogP contribution in [0.25, 0.3) is 72.3 Å². The number of aryl methyl sites for hydroxylation is 1. The molecule has 190 valence electrons. The van der Waals surface area contributed by atoms with E-state index >= 15 is 0 Å². The Morgan fingerprint density at radius 2 is 1.27 bits per heavy atom. The third kappa shape index (κ3) is 3.20. The molecule has 2 heteroatoms. The van der Waals surface area contributed by atoms with E-state index < -0.39 is 0 Å². The highest BCUT2D eigenvalue weighted by Crippen LogP contribution is 2.51. The largest absolute Gasteiger partial charge is 0.292 e. The molecular weight excluding hydrogens is 484 g/mol. The standard InChI is InChI=1S/C38H28N2/c1-23-22-33-31-13-9-12-30-29(20-21-32(37(30)31)36(33)25(3)24(23)2)26-16-18-27(19-17-26)38-39-34-14-7-8-15-35(34)40(38)28-10-5-4-6-11-28/h4-22H,1-3H3. The number of benzene rings is 6. The third-order valence-corrected chi connectivity index (χ3v) is 8.79. The smallest absolute Gasteiger partial charge is 0.145 e. The first-order chi connectivity index (χ1) is 19.6. The average Bonchev–Trinajstić information content (AvgIpc) is 3.54. The molecule has 0 fully saturated rings. The van der Waals surface area contributed by atoms with Crippen LogP contribution in [0, 0.1) is 20.8 Å². The normalized spacial score (nSPS) is 11.9. The Bertz CT molecular complexity index is 2110. The molecule has 0 aliphatic heterocycles. The van der Waals surface area contributed by atoms with E-state index in [1.54, 1.807) is 0 Å². The van der Waals surface area contributed by atoms with Crippen molar-refractivity contribution in [3.05, 3.63) is 132 Å². The summed E-state index contributed by atoms with van der Waals surface area (Å²) in [6.45, 7) is 6.74. The number of fused-ring (bicyclic) bond motifs is 4. The number of rotatable bonds is 3. The van der Waals surface area contributed by atoms with Gasteiger partial charge in [0.1, 0.15) is 5.82 Å². The topological polar surface area (TPSA) is 17.8 Å². The van der Waals surface area contributed by atoms with Crippen LogP contribution in [-0.2, 0) is 0 Å². The molecule has 1 heterocycles. The van der Waals surface area contributed by atoms with Gasteiger partial charge >= 0.3 is 0 Å². The van der Waals surface area contributed by atoms with Gasteiger partial charge in [-0.2, -0.15) is 0 Å². The fraction of sp³-hybridized carbons (Fsp3) is 0.0789. The van der Waals surface area contributed by atoms with E-state index in [0.717, 1.165) is 28.1 Å². The highest BCUT2D eigenvalue weighted by Gasteiger charge is 2.25. The van der Waals surface area contributed by atoms with Gasteiger partial charge in [0.25, 0.3) is 0 Å². The molecule has 0 saturated heterocycles. The Kier molecular flexibility index (Phi) is 4.90. The van der Waals surface area contributed by atoms with Gasteiger partial charge in [-0.05, 0) is 106 Å². The predicted molar refractivity (Wildman–Crippen MR) is 168 cm³/mol. The zero-order valence-corrected chi connectivity index (χ0v) is 22.9. The Morgan fingerprint density at radius 3 is 2.10 bits per heavy atom. The Morgan fingerprint density at radius 1 is 0.550 bits per heavy atom. The van der Waals surface area contributed by atoms with Crippen molar-refractivity contribution in [2.45, 2.75) is 20.8 Å². The van der Waals surface area contributed by atoms with Crippen molar-refractivity contribution in [1.82, 2.24) is 9.55 Å². The van der Waals surface area contributed by atoms with E-state index in [9.17, 15) is 0 Å². The maximum atomic E-state index is 5.05. The van der Waals surface area contributed by atoms with E-state index in [1.807, 2.05) is 0 Å². The maximum Gasteiger partial charge on any atom is 0.145 e. The van der Waals surface area contributed by atoms with E-state index in [4.69, 9.17) is 4.98 Å². The fourth-order valence-corrected chi connectivity index (χ4v) is 6.59. The van der Waals surface area contributed by atoms with Gasteiger partial charge in [-0.15, -0.1) is 0 Å². The predicted octanol–water partition coefficient (Wildman–Crippen LogP) is 10.1. The highest BCUT2D eigenvalue weighted by atomic mass is 15.1. The Balaban J connectivity index is 1.28. The number of hydrogen-bond acceptors (Lipinski definition) is 1. The lowest BCUT2D eigenvalue weighted by Crippen LogP contribution is -1.97. The van der Waals surface area contributed by atoms with E-state index in [-0.39, 0.29) is 0 Å². The minimum absolute atomic E-state index is 0.955. The first kappa shape index (κ1) is 23.0. The molecule has 8 rings (SSSR count). The summed E-state index contributed by atoms with van der Waals surface area (Å²) in [5.41, 5.74) is 16.4. The molecule has 40 heavy (non-hydrogen) atoms. The van der Waals surface area contributed by atoms with Crippen LogP contribution in [0.3, 0.4) is 0 Å². The Hall–Kier alpha value is -4.95. The molecule has 0 amide bonds. The van der Waals surface area contributed by atoms with Crippen molar-refractivity contribution in [3.63, 3.8) is 0 Å². The summed E-state index contributed by atoms with van der Waals surface area (Å²) in [6.07, 6.45) is 0. The molecule has 1 aliphatic carbocycles. The van der Waals surface area contributed by atoms with Crippen LogP contribution < -0.4 is 0 Å². The summed E-state index contributed by atoms with van der Waals surface area (Å²) in [7, 11) is 0. The van der Waals surface area contributed by atoms with E-state index in [1.165, 1.54) is 60.8 Å². The molecule has 0 bridgehead atoms. The minimum Gasteiger partial charge on any atom is -0.292 e. The molecule has 6 aromatic carbocycles. The third-order valence-electron chi connectivity index (χ3n) is 8.79. The number of hydrogen-bond donors (Lipinski definition) is 0. The highest BCUT2D eigenvalue weighted by molar-refractivity contribution is 6.19. The molecule has 1 aliphatic rings. The van der Waals surface area contributed by atoms with Gasteiger partial charge in [-0.25, -0.2) is 4.98 Å². The quantitative estimate of drug-likeness (QED) is 0.230. The lowest BCUT2D eigenvalue weighted by Gasteiger charge is -2.13. The van der Waals surface area contributed by atoms with Gasteiger partial charge in [0.2, 0.25) is 0 Å². The van der Waals surface area contributed by atoms with Crippen LogP contribution >= 0.6 is 0 Å². The Labute approximate surface area is 234 Å². The number of nitrogens with zero attached hydrogens (tertiary/aromatic N) is 2. The van der Waals surface area contributed by atoms with Crippen molar-refractivity contribution < 1.29 is 0 Å². The maximum absolute atomic E-state index is 5.05. The number of para-hydroxylation sites is 3. The average molecular weight is 513 g/mol. The minimum atomic E-state index is 0.955.